The van der Waals surface area contributed by atoms with E-state index in [1.165, 1.54) is 0 Å². The first kappa shape index (κ1) is 12.7. The Labute approximate surface area is 92.7 Å². The zero-order valence-corrected chi connectivity index (χ0v) is 10.6. The van der Waals surface area contributed by atoms with Gasteiger partial charge in [-0.3, -0.25) is 4.79 Å². The monoisotopic (exact) mass is 212 g/mol. The zero-order valence-electron chi connectivity index (χ0n) is 10.6. The Hall–Kier alpha value is -0.345. The molecule has 0 aromatic carbocycles. The molecule has 0 spiro atoms. The molecule has 0 saturated carbocycles. The van der Waals surface area contributed by atoms with E-state index in [0.29, 0.717) is 0 Å². The maximum absolute atomic E-state index is 11.7. The molecular formula is C11H21BO3. The summed E-state index contributed by atoms with van der Waals surface area (Å²) in [6.07, 6.45) is 0.600. The predicted octanol–water partition coefficient (Wildman–Crippen LogP) is 2.30. The smallest absolute Gasteiger partial charge is 0.404 e. The van der Waals surface area contributed by atoms with Gasteiger partial charge in [0.2, 0.25) is 0 Å². The summed E-state index contributed by atoms with van der Waals surface area (Å²) in [5, 5.41) is 0. The highest BCUT2D eigenvalue weighted by Gasteiger charge is 2.54. The summed E-state index contributed by atoms with van der Waals surface area (Å²) in [6.45, 7) is 11.6. The molecule has 0 radical (unpaired) electrons. The van der Waals surface area contributed by atoms with Gasteiger partial charge in [-0.25, -0.2) is 0 Å². The van der Waals surface area contributed by atoms with Crippen LogP contribution in [0.25, 0.3) is 0 Å². The van der Waals surface area contributed by atoms with Gasteiger partial charge in [-0.1, -0.05) is 27.7 Å². The van der Waals surface area contributed by atoms with E-state index in [1.54, 1.807) is 6.92 Å². The van der Waals surface area contributed by atoms with Crippen LogP contribution < -0.4 is 0 Å². The summed E-state index contributed by atoms with van der Waals surface area (Å²) in [4.78, 5) is 11.7. The number of rotatable bonds is 2. The molecule has 0 bridgehead atoms. The van der Waals surface area contributed by atoms with Crippen molar-refractivity contribution in [2.75, 3.05) is 0 Å². The quantitative estimate of drug-likeness (QED) is 0.659. The fraction of sp³-hybridized carbons (Fsp3) is 0.909. The molecule has 0 N–H and O–H groups in total. The Morgan fingerprint density at radius 1 is 1.47 bits per heavy atom. The first-order valence-corrected chi connectivity index (χ1v) is 5.56. The van der Waals surface area contributed by atoms with Crippen molar-refractivity contribution in [1.29, 1.82) is 0 Å². The summed E-state index contributed by atoms with van der Waals surface area (Å²) < 4.78 is 11.5. The van der Waals surface area contributed by atoms with Crippen LogP contribution in [0, 0.1) is 5.41 Å². The van der Waals surface area contributed by atoms with Gasteiger partial charge >= 0.3 is 7.12 Å². The molecule has 0 aromatic rings. The van der Waals surface area contributed by atoms with E-state index in [0.717, 1.165) is 6.32 Å². The van der Waals surface area contributed by atoms with Crippen LogP contribution in [0.1, 0.15) is 41.5 Å². The fourth-order valence-electron chi connectivity index (χ4n) is 2.12. The van der Waals surface area contributed by atoms with Gasteiger partial charge in [-0.05, 0) is 25.6 Å². The number of hydrogen-bond donors (Lipinski definition) is 0. The summed E-state index contributed by atoms with van der Waals surface area (Å²) in [5.74, 6) is 0.0402. The van der Waals surface area contributed by atoms with Crippen molar-refractivity contribution in [1.82, 2.24) is 0 Å². The summed E-state index contributed by atoms with van der Waals surface area (Å²) >= 11 is 0. The van der Waals surface area contributed by atoms with E-state index in [4.69, 9.17) is 9.31 Å². The molecule has 15 heavy (non-hydrogen) atoms. The molecule has 1 rings (SSSR count). The average molecular weight is 212 g/mol. The molecule has 0 amide bonds. The Kier molecular flexibility index (Phi) is 3.31. The Morgan fingerprint density at radius 3 is 2.27 bits per heavy atom. The van der Waals surface area contributed by atoms with Crippen molar-refractivity contribution < 1.29 is 14.1 Å². The minimum atomic E-state index is -0.793. The van der Waals surface area contributed by atoms with E-state index in [-0.39, 0.29) is 24.4 Å². The largest absolute Gasteiger partial charge is 0.457 e. The highest BCUT2D eigenvalue weighted by molar-refractivity contribution is 6.45. The minimum Gasteiger partial charge on any atom is -0.404 e. The lowest BCUT2D eigenvalue weighted by Crippen LogP contribution is -2.49. The third-order valence-corrected chi connectivity index (χ3v) is 2.98. The van der Waals surface area contributed by atoms with Crippen LogP contribution in [0.15, 0.2) is 0 Å². The molecule has 1 saturated heterocycles. The number of ketones is 1. The Bertz CT molecular complexity index is 259. The number of hydrogen-bond acceptors (Lipinski definition) is 3. The third kappa shape index (κ3) is 2.26. The maximum Gasteiger partial charge on any atom is 0.457 e. The number of carbonyl (C=O) groups excluding carboxylic acids is 1. The highest BCUT2D eigenvalue weighted by Crippen LogP contribution is 2.40. The van der Waals surface area contributed by atoms with E-state index in [9.17, 15) is 4.79 Å². The zero-order chi connectivity index (χ0) is 11.9. The Morgan fingerprint density at radius 2 is 2.00 bits per heavy atom. The van der Waals surface area contributed by atoms with E-state index in [1.807, 2.05) is 13.8 Å². The van der Waals surface area contributed by atoms with Gasteiger partial charge in [0.15, 0.2) is 5.78 Å². The normalized spacial score (nSPS) is 32.1. The Balaban J connectivity index is 2.98. The third-order valence-electron chi connectivity index (χ3n) is 2.98. The van der Waals surface area contributed by atoms with Crippen molar-refractivity contribution in [3.63, 3.8) is 0 Å². The number of carbonyl (C=O) groups is 1. The molecule has 2 unspecified atom stereocenters. The molecule has 1 heterocycles. The van der Waals surface area contributed by atoms with E-state index >= 15 is 0 Å². The molecular weight excluding hydrogens is 191 g/mol. The van der Waals surface area contributed by atoms with Crippen molar-refractivity contribution in [2.45, 2.75) is 59.6 Å². The minimum absolute atomic E-state index is 0.0402. The molecule has 1 aliphatic heterocycles. The average Bonchev–Trinajstić information content (AvgIpc) is 2.43. The van der Waals surface area contributed by atoms with E-state index in [2.05, 4.69) is 20.8 Å². The van der Waals surface area contributed by atoms with Gasteiger partial charge in [0.25, 0.3) is 0 Å². The predicted molar refractivity (Wildman–Crippen MR) is 60.7 cm³/mol. The first-order chi connectivity index (χ1) is 6.71. The molecule has 3 nitrogen and oxygen atoms in total. The van der Waals surface area contributed by atoms with Crippen LogP contribution in [-0.4, -0.2) is 24.6 Å². The van der Waals surface area contributed by atoms with Gasteiger partial charge < -0.3 is 9.31 Å². The SMILES string of the molecule is CCB1OC(C(C)(C)C)C(C)(C(C)=O)O1. The lowest BCUT2D eigenvalue weighted by molar-refractivity contribution is -0.136. The standard InChI is InChI=1S/C11H21BO3/c1-7-12-14-9(10(3,4)5)11(6,15-12)8(2)13/h9H,7H2,1-6H3. The maximum atomic E-state index is 11.7. The summed E-state index contributed by atoms with van der Waals surface area (Å²) in [7, 11) is -0.247. The van der Waals surface area contributed by atoms with Crippen LogP contribution in [0.5, 0.6) is 0 Å². The molecule has 0 aromatic heterocycles. The molecule has 0 aliphatic carbocycles. The first-order valence-electron chi connectivity index (χ1n) is 5.56. The highest BCUT2D eigenvalue weighted by atomic mass is 16.7. The van der Waals surface area contributed by atoms with Crippen LogP contribution in [0.3, 0.4) is 0 Å². The van der Waals surface area contributed by atoms with Crippen LogP contribution in [-0.2, 0) is 14.1 Å². The second-order valence-corrected chi connectivity index (χ2v) is 5.50. The van der Waals surface area contributed by atoms with Crippen molar-refractivity contribution in [3.8, 4) is 0 Å². The van der Waals surface area contributed by atoms with Gasteiger partial charge in [-0.2, -0.15) is 0 Å². The van der Waals surface area contributed by atoms with Crippen molar-refractivity contribution in [2.24, 2.45) is 5.41 Å². The second-order valence-electron chi connectivity index (χ2n) is 5.50. The summed E-state index contributed by atoms with van der Waals surface area (Å²) in [5.41, 5.74) is -0.886. The lowest BCUT2D eigenvalue weighted by atomic mass is 9.78. The van der Waals surface area contributed by atoms with Crippen LogP contribution in [0.4, 0.5) is 0 Å². The van der Waals surface area contributed by atoms with Crippen LogP contribution in [0.2, 0.25) is 6.32 Å². The van der Waals surface area contributed by atoms with Gasteiger partial charge in [0.1, 0.15) is 5.60 Å². The van der Waals surface area contributed by atoms with Crippen molar-refractivity contribution >= 4 is 12.9 Å². The van der Waals surface area contributed by atoms with Gasteiger partial charge in [0, 0.05) is 0 Å². The lowest BCUT2D eigenvalue weighted by Gasteiger charge is -2.36. The topological polar surface area (TPSA) is 35.5 Å². The fourth-order valence-corrected chi connectivity index (χ4v) is 2.12. The molecule has 4 heteroatoms. The molecule has 86 valence electrons. The van der Waals surface area contributed by atoms with Gasteiger partial charge in [0.05, 0.1) is 6.10 Å². The van der Waals surface area contributed by atoms with Crippen LogP contribution >= 0.6 is 0 Å². The molecule has 1 fully saturated rings. The van der Waals surface area contributed by atoms with E-state index < -0.39 is 5.60 Å². The summed E-state index contributed by atoms with van der Waals surface area (Å²) in [6, 6.07) is 0. The number of Topliss-reactive ketones (excluding diaryl/α,β-unsaturated/α-hetero) is 1. The van der Waals surface area contributed by atoms with Gasteiger partial charge in [-0.15, -0.1) is 0 Å². The second kappa shape index (κ2) is 3.91. The molecule has 1 aliphatic rings. The molecule has 2 atom stereocenters. The van der Waals surface area contributed by atoms with Crippen molar-refractivity contribution in [3.05, 3.63) is 0 Å².